The van der Waals surface area contributed by atoms with Crippen molar-refractivity contribution in [3.63, 3.8) is 0 Å². The lowest BCUT2D eigenvalue weighted by atomic mass is 9.95. The van der Waals surface area contributed by atoms with Crippen LogP contribution in [-0.2, 0) is 31.6 Å². The van der Waals surface area contributed by atoms with E-state index in [0.29, 0.717) is 29.7 Å². The number of anilines is 1. The number of methoxy groups -OCH3 is 2. The summed E-state index contributed by atoms with van der Waals surface area (Å²) in [7, 11) is -1.03. The summed E-state index contributed by atoms with van der Waals surface area (Å²) in [5.41, 5.74) is -0.774. The topological polar surface area (TPSA) is 137 Å². The van der Waals surface area contributed by atoms with E-state index in [9.17, 15) is 8.42 Å². The molecule has 0 amide bonds. The third kappa shape index (κ3) is 5.85. The molecule has 38 heavy (non-hydrogen) atoms. The van der Waals surface area contributed by atoms with Gasteiger partial charge in [-0.05, 0) is 52.3 Å². The summed E-state index contributed by atoms with van der Waals surface area (Å²) in [6, 6.07) is 0.221. The number of likely N-dealkylation sites (N-methyl/N-ethyl adjacent to an activating group) is 1. The predicted molar refractivity (Wildman–Crippen MR) is 145 cm³/mol. The number of nitrogens with zero attached hydrogens (tertiary/aromatic N) is 7. The summed E-state index contributed by atoms with van der Waals surface area (Å²) >= 11 is 5.90. The Morgan fingerprint density at radius 2 is 2.00 bits per heavy atom. The van der Waals surface area contributed by atoms with E-state index < -0.39 is 26.9 Å². The molecule has 2 aromatic heterocycles. The molecule has 2 aliphatic rings. The number of nitrogens with one attached hydrogen (secondary N) is 1. The lowest BCUT2D eigenvalue weighted by Crippen LogP contribution is -2.37. The van der Waals surface area contributed by atoms with E-state index in [2.05, 4.69) is 36.7 Å². The van der Waals surface area contributed by atoms with Crippen molar-refractivity contribution >= 4 is 33.5 Å². The molecule has 1 fully saturated rings. The first-order valence-corrected chi connectivity index (χ1v) is 14.5. The van der Waals surface area contributed by atoms with Crippen molar-refractivity contribution in [2.75, 3.05) is 32.0 Å². The van der Waals surface area contributed by atoms with Crippen LogP contribution in [0.25, 0.3) is 0 Å². The number of likely N-dealkylation sites (tertiary alicyclic amines) is 1. The van der Waals surface area contributed by atoms with Crippen molar-refractivity contribution in [2.24, 2.45) is 4.99 Å². The molecule has 0 spiro atoms. The number of ether oxygens (including phenoxy) is 2. The number of sulfonamides is 1. The molecule has 4 rings (SSSR count). The van der Waals surface area contributed by atoms with Gasteiger partial charge in [0.1, 0.15) is 16.9 Å². The average Bonchev–Trinajstić information content (AvgIpc) is 3.52. The summed E-state index contributed by atoms with van der Waals surface area (Å²) in [5.74, 6) is 1.39. The van der Waals surface area contributed by atoms with Crippen LogP contribution in [0.1, 0.15) is 57.8 Å². The third-order valence-corrected chi connectivity index (χ3v) is 9.06. The molecule has 0 aliphatic carbocycles. The van der Waals surface area contributed by atoms with Crippen molar-refractivity contribution in [3.05, 3.63) is 41.2 Å². The minimum Gasteiger partial charge on any atom is -0.481 e. The highest BCUT2D eigenvalue weighted by molar-refractivity contribution is 7.93. The number of rotatable bonds is 10. The maximum atomic E-state index is 13.6. The van der Waals surface area contributed by atoms with Crippen molar-refractivity contribution in [2.45, 2.75) is 69.5 Å². The highest BCUT2D eigenvalue weighted by Gasteiger charge is 2.38. The van der Waals surface area contributed by atoms with Gasteiger partial charge in [-0.1, -0.05) is 24.6 Å². The molecule has 4 atom stereocenters. The van der Waals surface area contributed by atoms with Crippen LogP contribution in [0.3, 0.4) is 0 Å². The van der Waals surface area contributed by atoms with Crippen LogP contribution in [0.2, 0.25) is 5.02 Å². The number of hydrogen-bond donors (Lipinski definition) is 1. The van der Waals surface area contributed by atoms with E-state index >= 15 is 0 Å². The first-order chi connectivity index (χ1) is 18.1. The van der Waals surface area contributed by atoms with E-state index in [1.807, 2.05) is 23.6 Å². The molecule has 1 saturated heterocycles. The van der Waals surface area contributed by atoms with Crippen LogP contribution < -0.4 is 4.72 Å². The third-order valence-electron chi connectivity index (χ3n) is 7.17. The Kier molecular flexibility index (Phi) is 8.70. The van der Waals surface area contributed by atoms with Gasteiger partial charge in [-0.15, -0.1) is 10.2 Å². The van der Waals surface area contributed by atoms with Crippen molar-refractivity contribution in [1.29, 1.82) is 0 Å². The molecule has 14 heteroatoms. The maximum Gasteiger partial charge on any atom is 0.240 e. The largest absolute Gasteiger partial charge is 0.481 e. The highest BCUT2D eigenvalue weighted by atomic mass is 35.5. The van der Waals surface area contributed by atoms with Crippen molar-refractivity contribution < 1.29 is 17.9 Å². The zero-order chi connectivity index (χ0) is 27.5. The van der Waals surface area contributed by atoms with Crippen molar-refractivity contribution in [3.8, 4) is 0 Å². The number of dihydropyridines is 1. The summed E-state index contributed by atoms with van der Waals surface area (Å²) in [6.45, 7) is 8.04. The van der Waals surface area contributed by atoms with Gasteiger partial charge in [-0.3, -0.25) is 14.2 Å². The molecule has 2 aliphatic heterocycles. The molecular weight excluding hydrogens is 532 g/mol. The smallest absolute Gasteiger partial charge is 0.240 e. The summed E-state index contributed by atoms with van der Waals surface area (Å²) < 4.78 is 42.6. The van der Waals surface area contributed by atoms with Gasteiger partial charge in [0, 0.05) is 32.1 Å². The molecule has 0 aromatic carbocycles. The molecule has 1 N–H and O–H groups in total. The standard InChI is InChI=1S/C24H35ClN8O4S/c1-6-32-12-8-9-18(32)15-33-22(24(3)11-7-10-19(28-24)36-4)29-30-23(33)31-38(34,35)16(2)20(37-5)21-26-13-17(25)14-27-21/h7,10,13-14,16,18,20H,6,8-9,11-12,15H2,1-5H3,(H,30,31)/t16-,18+,20-,24?/m0/s1. The van der Waals surface area contributed by atoms with E-state index in [1.165, 1.54) is 26.4 Å². The van der Waals surface area contributed by atoms with E-state index in [4.69, 9.17) is 26.1 Å². The quantitative estimate of drug-likeness (QED) is 0.460. The molecule has 1 unspecified atom stereocenters. The maximum absolute atomic E-state index is 13.6. The molecule has 4 heterocycles. The Morgan fingerprint density at radius 3 is 2.66 bits per heavy atom. The Bertz CT molecular complexity index is 1280. The van der Waals surface area contributed by atoms with Crippen LogP contribution in [0.15, 0.2) is 29.5 Å². The second kappa shape index (κ2) is 11.6. The Balaban J connectivity index is 1.69. The normalized spacial score (nSPS) is 23.7. The monoisotopic (exact) mass is 566 g/mol. The molecule has 2 aromatic rings. The lowest BCUT2D eigenvalue weighted by Gasteiger charge is -2.30. The lowest BCUT2D eigenvalue weighted by molar-refractivity contribution is 0.0950. The fourth-order valence-corrected chi connectivity index (χ4v) is 6.26. The summed E-state index contributed by atoms with van der Waals surface area (Å²) in [5, 5.41) is 8.04. The molecular formula is C24H35ClN8O4S. The van der Waals surface area contributed by atoms with Gasteiger partial charge < -0.3 is 9.47 Å². The first kappa shape index (κ1) is 28.4. The van der Waals surface area contributed by atoms with Gasteiger partial charge in [0.25, 0.3) is 0 Å². The number of hydrogen-bond acceptors (Lipinski definition) is 10. The Labute approximate surface area is 228 Å². The minimum absolute atomic E-state index is 0.131. The fraction of sp³-hybridized carbons (Fsp3) is 0.625. The molecule has 12 nitrogen and oxygen atoms in total. The summed E-state index contributed by atoms with van der Waals surface area (Å²) in [6.07, 6.45) is 8.31. The second-order valence-corrected chi connectivity index (χ2v) is 12.2. The zero-order valence-corrected chi connectivity index (χ0v) is 23.9. The minimum atomic E-state index is -4.01. The van der Waals surface area contributed by atoms with Crippen molar-refractivity contribution in [1.82, 2.24) is 29.6 Å². The fourth-order valence-electron chi connectivity index (χ4n) is 5.01. The number of aliphatic imine (C=N–C) groups is 1. The second-order valence-electron chi connectivity index (χ2n) is 9.68. The molecule has 0 bridgehead atoms. The zero-order valence-electron chi connectivity index (χ0n) is 22.3. The average molecular weight is 567 g/mol. The van der Waals surface area contributed by atoms with Crippen LogP contribution in [0.4, 0.5) is 5.95 Å². The van der Waals surface area contributed by atoms with E-state index in [-0.39, 0.29) is 17.8 Å². The van der Waals surface area contributed by atoms with Gasteiger partial charge in [-0.25, -0.2) is 23.4 Å². The first-order valence-electron chi connectivity index (χ1n) is 12.6. The highest BCUT2D eigenvalue weighted by Crippen LogP contribution is 2.34. The van der Waals surface area contributed by atoms with Gasteiger partial charge in [0.2, 0.25) is 21.9 Å². The van der Waals surface area contributed by atoms with Crippen LogP contribution in [0.5, 0.6) is 0 Å². The van der Waals surface area contributed by atoms with E-state index in [1.54, 1.807) is 7.11 Å². The number of aromatic nitrogens is 5. The SMILES string of the molecule is CCN1CCC[C@@H]1Cn1c(NS(=O)(=O)[C@@H](C)[C@H](OC)c2ncc(Cl)cn2)nnc1C1(C)CC=CC(OC)=N1. The van der Waals surface area contributed by atoms with Crippen LogP contribution >= 0.6 is 11.6 Å². The van der Waals surface area contributed by atoms with Gasteiger partial charge in [-0.2, -0.15) is 0 Å². The summed E-state index contributed by atoms with van der Waals surface area (Å²) in [4.78, 5) is 15.4. The number of halogens is 1. The molecule has 208 valence electrons. The van der Waals surface area contributed by atoms with Gasteiger partial charge >= 0.3 is 0 Å². The molecule has 0 saturated carbocycles. The Morgan fingerprint density at radius 1 is 1.26 bits per heavy atom. The van der Waals surface area contributed by atoms with Crippen LogP contribution in [-0.4, -0.2) is 82.5 Å². The van der Waals surface area contributed by atoms with E-state index in [0.717, 1.165) is 25.9 Å². The Hall–Kier alpha value is -2.61. The van der Waals surface area contributed by atoms with Crippen LogP contribution in [0, 0.1) is 0 Å². The predicted octanol–water partition coefficient (Wildman–Crippen LogP) is 2.94. The molecule has 0 radical (unpaired) electrons. The van der Waals surface area contributed by atoms with Gasteiger partial charge in [0.05, 0.1) is 12.1 Å². The van der Waals surface area contributed by atoms with Gasteiger partial charge in [0.15, 0.2) is 11.6 Å².